The van der Waals surface area contributed by atoms with E-state index in [1.165, 1.54) is 0 Å². The molecule has 4 rings (SSSR count). The molecule has 0 atom stereocenters. The Kier molecular flexibility index (Phi) is 12.4. The van der Waals surface area contributed by atoms with Crippen LogP contribution in [0.1, 0.15) is 36.5 Å². The van der Waals surface area contributed by atoms with E-state index in [9.17, 15) is 19.2 Å². The first-order valence-corrected chi connectivity index (χ1v) is 14.0. The number of aromatic nitrogens is 2. The third kappa shape index (κ3) is 10.6. The third-order valence-electron chi connectivity index (χ3n) is 6.66. The summed E-state index contributed by atoms with van der Waals surface area (Å²) in [6.07, 6.45) is 1.56. The average Bonchev–Trinajstić information content (AvgIpc) is 3.32. The summed E-state index contributed by atoms with van der Waals surface area (Å²) in [5, 5.41) is 18.6. The number of imidazole rings is 1. The van der Waals surface area contributed by atoms with Gasteiger partial charge in [0.15, 0.2) is 5.78 Å². The highest BCUT2D eigenvalue weighted by Gasteiger charge is 2.21. The number of aliphatic carboxylic acids is 2. The molecule has 0 unspecified atom stereocenters. The monoisotopic (exact) mass is 577 g/mol. The van der Waals surface area contributed by atoms with Crippen LogP contribution in [0.3, 0.4) is 0 Å². The van der Waals surface area contributed by atoms with Crippen LogP contribution in [0.2, 0.25) is 0 Å². The molecule has 11 nitrogen and oxygen atoms in total. The number of nitrogens with zero attached hydrogens (tertiary/aromatic N) is 4. The zero-order valence-electron chi connectivity index (χ0n) is 24.1. The molecule has 0 spiro atoms. The zero-order valence-corrected chi connectivity index (χ0v) is 24.1. The molecule has 1 amide bonds. The van der Waals surface area contributed by atoms with Gasteiger partial charge in [0, 0.05) is 63.4 Å². The Hall–Kier alpha value is -4.35. The number of amides is 1. The number of hydrogen-bond acceptors (Lipinski definition) is 7. The fraction of sp³-hybridized carbons (Fsp3) is 0.387. The van der Waals surface area contributed by atoms with Crippen LogP contribution in [0, 0.1) is 5.92 Å². The predicted molar refractivity (Wildman–Crippen MR) is 159 cm³/mol. The number of ketones is 1. The number of carbonyl (C=O) groups is 4. The number of Topliss-reactive ketones (excluding diaryl/α,β-unsaturated/α-hetero) is 1. The lowest BCUT2D eigenvalue weighted by molar-refractivity contribution is -0.134. The molecule has 0 aliphatic carbocycles. The van der Waals surface area contributed by atoms with Gasteiger partial charge in [0.25, 0.3) is 0 Å². The van der Waals surface area contributed by atoms with Crippen molar-refractivity contribution < 1.29 is 29.4 Å². The zero-order chi connectivity index (χ0) is 30.5. The van der Waals surface area contributed by atoms with E-state index in [0.717, 1.165) is 61.7 Å². The minimum atomic E-state index is -1.26. The SMILES string of the molecule is CC(C)CNC(=O)CN1CCN(Cc2nc3ccccc3n2CCC(=O)c2ccccc2)CC1.O=C(O)/C=C\C(=O)O. The van der Waals surface area contributed by atoms with Gasteiger partial charge >= 0.3 is 11.9 Å². The molecule has 1 aliphatic heterocycles. The average molecular weight is 578 g/mol. The summed E-state index contributed by atoms with van der Waals surface area (Å²) < 4.78 is 2.20. The summed E-state index contributed by atoms with van der Waals surface area (Å²) in [6, 6.07) is 17.6. The number of carboxylic acids is 2. The highest BCUT2D eigenvalue weighted by Crippen LogP contribution is 2.19. The lowest BCUT2D eigenvalue weighted by atomic mass is 10.1. The molecule has 0 radical (unpaired) electrons. The number of piperazine rings is 1. The van der Waals surface area contributed by atoms with Gasteiger partial charge in [0.05, 0.1) is 24.1 Å². The van der Waals surface area contributed by atoms with Crippen LogP contribution in [-0.4, -0.2) is 92.5 Å². The van der Waals surface area contributed by atoms with Gasteiger partial charge in [0.2, 0.25) is 5.91 Å². The second kappa shape index (κ2) is 16.2. The molecule has 1 saturated heterocycles. The number of carboxylic acid groups (broad SMARTS) is 2. The molecule has 224 valence electrons. The Labute approximate surface area is 245 Å². The summed E-state index contributed by atoms with van der Waals surface area (Å²) in [6.45, 7) is 10.2. The lowest BCUT2D eigenvalue weighted by Crippen LogP contribution is -2.49. The summed E-state index contributed by atoms with van der Waals surface area (Å²) in [5.41, 5.74) is 2.78. The van der Waals surface area contributed by atoms with Crippen LogP contribution < -0.4 is 5.32 Å². The van der Waals surface area contributed by atoms with Crippen molar-refractivity contribution in [2.24, 2.45) is 5.92 Å². The molecule has 0 bridgehead atoms. The highest BCUT2D eigenvalue weighted by molar-refractivity contribution is 5.96. The number of aryl methyl sites for hydroxylation is 1. The van der Waals surface area contributed by atoms with Gasteiger partial charge in [-0.15, -0.1) is 0 Å². The second-order valence-electron chi connectivity index (χ2n) is 10.5. The number of fused-ring (bicyclic) bond motifs is 1. The van der Waals surface area contributed by atoms with Gasteiger partial charge in [-0.25, -0.2) is 14.6 Å². The summed E-state index contributed by atoms with van der Waals surface area (Å²) in [5.74, 6) is -0.811. The van der Waals surface area contributed by atoms with Crippen molar-refractivity contribution in [3.8, 4) is 0 Å². The van der Waals surface area contributed by atoms with E-state index < -0.39 is 11.9 Å². The molecule has 3 N–H and O–H groups in total. The van der Waals surface area contributed by atoms with Gasteiger partial charge in [0.1, 0.15) is 5.82 Å². The highest BCUT2D eigenvalue weighted by atomic mass is 16.4. The first kappa shape index (κ1) is 32.2. The maximum atomic E-state index is 12.7. The molecule has 11 heteroatoms. The molecule has 2 aromatic carbocycles. The smallest absolute Gasteiger partial charge is 0.328 e. The van der Waals surface area contributed by atoms with Gasteiger partial charge in [-0.2, -0.15) is 0 Å². The molecule has 1 fully saturated rings. The summed E-state index contributed by atoms with van der Waals surface area (Å²) in [7, 11) is 0. The third-order valence-corrected chi connectivity index (χ3v) is 6.66. The van der Waals surface area contributed by atoms with E-state index in [-0.39, 0.29) is 11.7 Å². The number of para-hydroxylation sites is 2. The first-order chi connectivity index (χ1) is 20.1. The minimum Gasteiger partial charge on any atom is -0.478 e. The van der Waals surface area contributed by atoms with Crippen LogP contribution in [0.25, 0.3) is 11.0 Å². The maximum absolute atomic E-state index is 12.7. The Morgan fingerprint density at radius 1 is 0.881 bits per heavy atom. The van der Waals surface area contributed by atoms with Crippen molar-refractivity contribution in [1.82, 2.24) is 24.7 Å². The molecular weight excluding hydrogens is 538 g/mol. The molecule has 42 heavy (non-hydrogen) atoms. The lowest BCUT2D eigenvalue weighted by Gasteiger charge is -2.34. The number of rotatable bonds is 12. The maximum Gasteiger partial charge on any atom is 0.328 e. The second-order valence-corrected chi connectivity index (χ2v) is 10.5. The first-order valence-electron chi connectivity index (χ1n) is 14.0. The standard InChI is InChI=1S/C27H35N5O2.C4H4O4/c1-21(2)18-28-27(34)20-31-16-14-30(15-17-31)19-26-29-23-10-6-7-11-24(23)32(26)13-12-25(33)22-8-4-3-5-9-22;5-3(6)1-2-4(7)8/h3-11,21H,12-20H2,1-2H3,(H,28,34);1-2H,(H,5,6)(H,7,8)/b;2-1-. The van der Waals surface area contributed by atoms with E-state index in [4.69, 9.17) is 15.2 Å². The van der Waals surface area contributed by atoms with Crippen molar-refractivity contribution in [2.45, 2.75) is 33.4 Å². The Balaban J connectivity index is 0.000000531. The minimum absolute atomic E-state index is 0.104. The fourth-order valence-electron chi connectivity index (χ4n) is 4.50. The molecule has 1 aliphatic rings. The Morgan fingerprint density at radius 2 is 1.48 bits per heavy atom. The van der Waals surface area contributed by atoms with Crippen molar-refractivity contribution in [2.75, 3.05) is 39.3 Å². The van der Waals surface area contributed by atoms with Crippen molar-refractivity contribution >= 4 is 34.7 Å². The summed E-state index contributed by atoms with van der Waals surface area (Å²) in [4.78, 5) is 53.5. The number of carbonyl (C=O) groups excluding carboxylic acids is 2. The fourth-order valence-corrected chi connectivity index (χ4v) is 4.50. The molecular formula is C31H39N5O6. The Bertz CT molecular complexity index is 1360. The van der Waals surface area contributed by atoms with Crippen LogP contribution in [0.15, 0.2) is 66.7 Å². The van der Waals surface area contributed by atoms with Crippen molar-refractivity contribution in [1.29, 1.82) is 0 Å². The van der Waals surface area contributed by atoms with E-state index in [0.29, 0.717) is 37.6 Å². The number of benzene rings is 2. The molecule has 3 aromatic rings. The Morgan fingerprint density at radius 3 is 2.10 bits per heavy atom. The van der Waals surface area contributed by atoms with E-state index in [1.54, 1.807) is 0 Å². The van der Waals surface area contributed by atoms with E-state index in [2.05, 4.69) is 39.6 Å². The van der Waals surface area contributed by atoms with E-state index >= 15 is 0 Å². The van der Waals surface area contributed by atoms with Crippen LogP contribution in [0.4, 0.5) is 0 Å². The molecule has 2 heterocycles. The topological polar surface area (TPSA) is 145 Å². The molecule has 0 saturated carbocycles. The van der Waals surface area contributed by atoms with Gasteiger partial charge in [-0.05, 0) is 18.1 Å². The van der Waals surface area contributed by atoms with Crippen molar-refractivity contribution in [3.63, 3.8) is 0 Å². The normalized spacial score (nSPS) is 14.1. The van der Waals surface area contributed by atoms with Gasteiger partial charge in [-0.1, -0.05) is 56.3 Å². The number of hydrogen-bond donors (Lipinski definition) is 3. The quantitative estimate of drug-likeness (QED) is 0.219. The summed E-state index contributed by atoms with van der Waals surface area (Å²) >= 11 is 0. The van der Waals surface area contributed by atoms with Crippen LogP contribution >= 0.6 is 0 Å². The molecule has 1 aromatic heterocycles. The van der Waals surface area contributed by atoms with Crippen LogP contribution in [-0.2, 0) is 27.5 Å². The number of nitrogens with one attached hydrogen (secondary N) is 1. The van der Waals surface area contributed by atoms with E-state index in [1.807, 2.05) is 48.5 Å². The van der Waals surface area contributed by atoms with Crippen molar-refractivity contribution in [3.05, 3.63) is 78.1 Å². The van der Waals surface area contributed by atoms with Gasteiger partial charge < -0.3 is 20.1 Å². The predicted octanol–water partition coefficient (Wildman–Crippen LogP) is 2.91. The van der Waals surface area contributed by atoms with Crippen LogP contribution in [0.5, 0.6) is 0 Å². The largest absolute Gasteiger partial charge is 0.478 e. The van der Waals surface area contributed by atoms with Gasteiger partial charge in [-0.3, -0.25) is 19.4 Å².